The van der Waals surface area contributed by atoms with Crippen LogP contribution in [0.1, 0.15) is 71.0 Å². The zero-order valence-corrected chi connectivity index (χ0v) is 15.0. The molecule has 0 fully saturated rings. The number of hydrogen-bond donors (Lipinski definition) is 0. The third-order valence-corrected chi connectivity index (χ3v) is 5.08. The van der Waals surface area contributed by atoms with Crippen LogP contribution in [0.3, 0.4) is 0 Å². The van der Waals surface area contributed by atoms with Gasteiger partial charge in [0.25, 0.3) is 0 Å². The Hall–Kier alpha value is -0.960. The van der Waals surface area contributed by atoms with Crippen molar-refractivity contribution in [3.05, 3.63) is 35.9 Å². The summed E-state index contributed by atoms with van der Waals surface area (Å²) in [5.74, 6) is 0.796. The highest BCUT2D eigenvalue weighted by Crippen LogP contribution is 2.24. The summed E-state index contributed by atoms with van der Waals surface area (Å²) in [5, 5.41) is 0.693. The van der Waals surface area contributed by atoms with E-state index in [9.17, 15) is 4.79 Å². The largest absolute Gasteiger partial charge is 0.457 e. The molecule has 0 aliphatic carbocycles. The molecular formula is C19H30O2S. The van der Waals surface area contributed by atoms with E-state index in [-0.39, 0.29) is 12.1 Å². The molecule has 0 saturated heterocycles. The van der Waals surface area contributed by atoms with Crippen LogP contribution in [0.2, 0.25) is 0 Å². The Kier molecular flexibility index (Phi) is 10.1. The number of ether oxygens (including phenoxy) is 1. The molecule has 0 amide bonds. The van der Waals surface area contributed by atoms with E-state index >= 15 is 0 Å². The highest BCUT2D eigenvalue weighted by molar-refractivity contribution is 7.99. The Labute approximate surface area is 140 Å². The van der Waals surface area contributed by atoms with Crippen molar-refractivity contribution in [2.75, 3.05) is 5.75 Å². The lowest BCUT2D eigenvalue weighted by Gasteiger charge is -2.17. The first-order valence-corrected chi connectivity index (χ1v) is 9.62. The molecule has 1 aromatic carbocycles. The fraction of sp³-hybridized carbons (Fsp3) is 0.632. The van der Waals surface area contributed by atoms with Crippen LogP contribution in [-0.2, 0) is 9.53 Å². The lowest BCUT2D eigenvalue weighted by atomic mass is 10.1. The van der Waals surface area contributed by atoms with Crippen molar-refractivity contribution in [1.29, 1.82) is 0 Å². The fourth-order valence-corrected chi connectivity index (χ4v) is 3.96. The van der Waals surface area contributed by atoms with Crippen LogP contribution < -0.4 is 0 Å². The summed E-state index contributed by atoms with van der Waals surface area (Å²) >= 11 is 1.93. The van der Waals surface area contributed by atoms with Crippen LogP contribution in [-0.4, -0.2) is 17.0 Å². The van der Waals surface area contributed by atoms with E-state index < -0.39 is 0 Å². The molecular weight excluding hydrogens is 292 g/mol. The third kappa shape index (κ3) is 7.35. The lowest BCUT2D eigenvalue weighted by Crippen LogP contribution is -2.12. The topological polar surface area (TPSA) is 26.3 Å². The van der Waals surface area contributed by atoms with Crippen molar-refractivity contribution >= 4 is 17.7 Å². The molecule has 0 aliphatic rings. The average Bonchev–Trinajstić information content (AvgIpc) is 2.54. The van der Waals surface area contributed by atoms with Crippen molar-refractivity contribution in [2.45, 2.75) is 70.7 Å². The van der Waals surface area contributed by atoms with Crippen LogP contribution >= 0.6 is 11.8 Å². The first-order chi connectivity index (χ1) is 10.7. The van der Waals surface area contributed by atoms with Crippen molar-refractivity contribution in [1.82, 2.24) is 0 Å². The third-order valence-electron chi connectivity index (χ3n) is 3.70. The fourth-order valence-electron chi connectivity index (χ4n) is 2.54. The maximum atomic E-state index is 12.0. The monoisotopic (exact) mass is 322 g/mol. The maximum absolute atomic E-state index is 12.0. The van der Waals surface area contributed by atoms with Crippen LogP contribution in [0.15, 0.2) is 30.3 Å². The van der Waals surface area contributed by atoms with Gasteiger partial charge in [-0.05, 0) is 24.8 Å². The van der Waals surface area contributed by atoms with Gasteiger partial charge in [0, 0.05) is 11.0 Å². The van der Waals surface area contributed by atoms with Gasteiger partial charge in [0.05, 0.1) is 6.42 Å². The van der Waals surface area contributed by atoms with Crippen molar-refractivity contribution in [2.24, 2.45) is 0 Å². The van der Waals surface area contributed by atoms with E-state index in [0.29, 0.717) is 11.7 Å². The van der Waals surface area contributed by atoms with Gasteiger partial charge in [0.15, 0.2) is 0 Å². The smallest absolute Gasteiger partial charge is 0.307 e. The standard InChI is InChI=1S/C19H30O2S/c1-4-10-17(11-5-2)22-15-14-19(20)21-18(6-3)16-12-8-7-9-13-16/h7-9,12-13,17-18H,4-6,10-11,14-15H2,1-3H3. The molecule has 1 rings (SSSR count). The van der Waals surface area contributed by atoms with E-state index in [0.717, 1.165) is 17.7 Å². The average molecular weight is 323 g/mol. The minimum absolute atomic E-state index is 0.0741. The SMILES string of the molecule is CCCC(CCC)SCCC(=O)OC(CC)c1ccccc1. The molecule has 0 saturated carbocycles. The van der Waals surface area contributed by atoms with Crippen LogP contribution in [0.25, 0.3) is 0 Å². The first kappa shape index (κ1) is 19.1. The minimum Gasteiger partial charge on any atom is -0.457 e. The van der Waals surface area contributed by atoms with E-state index in [1.807, 2.05) is 42.1 Å². The van der Waals surface area contributed by atoms with Gasteiger partial charge >= 0.3 is 5.97 Å². The van der Waals surface area contributed by atoms with Crippen molar-refractivity contribution in [3.63, 3.8) is 0 Å². The highest BCUT2D eigenvalue weighted by atomic mass is 32.2. The second-order valence-electron chi connectivity index (χ2n) is 5.62. The Morgan fingerprint density at radius 2 is 1.73 bits per heavy atom. The molecule has 0 spiro atoms. The number of rotatable bonds is 11. The summed E-state index contributed by atoms with van der Waals surface area (Å²) in [5.41, 5.74) is 1.08. The Morgan fingerprint density at radius 3 is 2.27 bits per heavy atom. The maximum Gasteiger partial charge on any atom is 0.307 e. The summed E-state index contributed by atoms with van der Waals surface area (Å²) in [6.07, 6.45) is 6.14. The minimum atomic E-state index is -0.110. The molecule has 0 N–H and O–H groups in total. The molecule has 124 valence electrons. The molecule has 0 aromatic heterocycles. The normalized spacial score (nSPS) is 12.4. The van der Waals surface area contributed by atoms with Gasteiger partial charge in [-0.15, -0.1) is 0 Å². The highest BCUT2D eigenvalue weighted by Gasteiger charge is 2.15. The molecule has 0 bridgehead atoms. The van der Waals surface area contributed by atoms with Crippen molar-refractivity contribution < 1.29 is 9.53 Å². The van der Waals surface area contributed by atoms with Crippen LogP contribution in [0.5, 0.6) is 0 Å². The number of thioether (sulfide) groups is 1. The van der Waals surface area contributed by atoms with Gasteiger partial charge in [0.2, 0.25) is 0 Å². The van der Waals surface area contributed by atoms with Gasteiger partial charge in [-0.3, -0.25) is 4.79 Å². The molecule has 2 nitrogen and oxygen atoms in total. The van der Waals surface area contributed by atoms with Gasteiger partial charge in [-0.1, -0.05) is 63.9 Å². The number of carbonyl (C=O) groups is 1. The summed E-state index contributed by atoms with van der Waals surface area (Å²) < 4.78 is 5.64. The van der Waals surface area contributed by atoms with E-state index in [1.165, 1.54) is 25.7 Å². The predicted octanol–water partition coefficient (Wildman–Crippen LogP) is 5.77. The molecule has 22 heavy (non-hydrogen) atoms. The first-order valence-electron chi connectivity index (χ1n) is 8.57. The molecule has 3 heteroatoms. The van der Waals surface area contributed by atoms with E-state index in [2.05, 4.69) is 20.8 Å². The summed E-state index contributed by atoms with van der Waals surface area (Å²) in [7, 11) is 0. The lowest BCUT2D eigenvalue weighted by molar-refractivity contribution is -0.149. The quantitative estimate of drug-likeness (QED) is 0.484. The molecule has 1 aromatic rings. The summed E-state index contributed by atoms with van der Waals surface area (Å²) in [6, 6.07) is 10.0. The van der Waals surface area contributed by atoms with Crippen molar-refractivity contribution in [3.8, 4) is 0 Å². The zero-order chi connectivity index (χ0) is 16.2. The number of carbonyl (C=O) groups excluding carboxylic acids is 1. The zero-order valence-electron chi connectivity index (χ0n) is 14.2. The van der Waals surface area contributed by atoms with Crippen LogP contribution in [0.4, 0.5) is 0 Å². The van der Waals surface area contributed by atoms with Gasteiger partial charge < -0.3 is 4.74 Å². The summed E-state index contributed by atoms with van der Waals surface area (Å²) in [4.78, 5) is 12.0. The second kappa shape index (κ2) is 11.6. The molecule has 1 unspecified atom stereocenters. The van der Waals surface area contributed by atoms with Gasteiger partial charge in [-0.2, -0.15) is 11.8 Å². The molecule has 0 radical (unpaired) electrons. The van der Waals surface area contributed by atoms with Crippen LogP contribution in [0, 0.1) is 0 Å². The number of hydrogen-bond acceptors (Lipinski definition) is 3. The number of esters is 1. The summed E-state index contributed by atoms with van der Waals surface area (Å²) in [6.45, 7) is 6.50. The van der Waals surface area contributed by atoms with Gasteiger partial charge in [-0.25, -0.2) is 0 Å². The Morgan fingerprint density at radius 1 is 1.09 bits per heavy atom. The van der Waals surface area contributed by atoms with E-state index in [1.54, 1.807) is 0 Å². The second-order valence-corrected chi connectivity index (χ2v) is 7.03. The van der Waals surface area contributed by atoms with Gasteiger partial charge in [0.1, 0.15) is 6.10 Å². The molecule has 0 heterocycles. The Bertz CT molecular complexity index is 399. The molecule has 0 aliphatic heterocycles. The molecule has 1 atom stereocenters. The van der Waals surface area contributed by atoms with E-state index in [4.69, 9.17) is 4.74 Å². The predicted molar refractivity (Wildman–Crippen MR) is 96.2 cm³/mol. The number of benzene rings is 1. The Balaban J connectivity index is 2.35.